The van der Waals surface area contributed by atoms with Gasteiger partial charge in [0.1, 0.15) is 17.5 Å². The van der Waals surface area contributed by atoms with Crippen LogP contribution in [0.25, 0.3) is 5.69 Å². The van der Waals surface area contributed by atoms with E-state index in [0.717, 1.165) is 41.4 Å². The van der Waals surface area contributed by atoms with E-state index in [1.165, 1.54) is 13.5 Å². The van der Waals surface area contributed by atoms with Crippen LogP contribution in [0.5, 0.6) is 5.75 Å². The number of hydrogen-bond donors (Lipinski definition) is 3. The quantitative estimate of drug-likeness (QED) is 0.400. The molecule has 2 aliphatic heterocycles. The van der Waals surface area contributed by atoms with Gasteiger partial charge in [0.05, 0.1) is 12.8 Å². The van der Waals surface area contributed by atoms with Crippen LogP contribution in [0.3, 0.4) is 0 Å². The number of ether oxygens (including phenoxy) is 1. The van der Waals surface area contributed by atoms with E-state index in [2.05, 4.69) is 49.8 Å². The highest BCUT2D eigenvalue weighted by Gasteiger charge is 2.43. The Bertz CT molecular complexity index is 1360. The molecule has 5 rings (SSSR count). The fourth-order valence-corrected chi connectivity index (χ4v) is 5.55. The van der Waals surface area contributed by atoms with Crippen LogP contribution in [0.4, 0.5) is 21.8 Å². The fraction of sp³-hybridized carbons (Fsp3) is 0.560. The fourth-order valence-electron chi connectivity index (χ4n) is 5.55. The van der Waals surface area contributed by atoms with Crippen molar-refractivity contribution in [2.75, 3.05) is 23.8 Å². The molecule has 13 heteroatoms. The molecule has 204 valence electrons. The normalized spacial score (nSPS) is 21.6. The number of aromatic nitrogens is 6. The smallest absolute Gasteiger partial charge is 0.368 e. The lowest BCUT2D eigenvalue weighted by Gasteiger charge is -2.47. The first-order valence-corrected chi connectivity index (χ1v) is 12.9. The molecule has 0 spiro atoms. The van der Waals surface area contributed by atoms with Crippen molar-refractivity contribution in [3.05, 3.63) is 40.7 Å². The van der Waals surface area contributed by atoms with Gasteiger partial charge in [-0.25, -0.2) is 14.2 Å². The summed E-state index contributed by atoms with van der Waals surface area (Å²) in [6.07, 6.45) is 4.83. The minimum atomic E-state index is -0.518. The average molecular weight is 528 g/mol. The van der Waals surface area contributed by atoms with Crippen LogP contribution in [0.1, 0.15) is 46.5 Å². The summed E-state index contributed by atoms with van der Waals surface area (Å²) in [4.78, 5) is 23.6. The molecule has 3 aromatic rings. The molecule has 0 aliphatic carbocycles. The van der Waals surface area contributed by atoms with E-state index in [4.69, 9.17) is 4.74 Å². The van der Waals surface area contributed by atoms with Crippen molar-refractivity contribution >= 4 is 17.5 Å². The summed E-state index contributed by atoms with van der Waals surface area (Å²) >= 11 is 0. The number of aliphatic hydroxyl groups excluding tert-OH is 1. The largest absolute Gasteiger partial charge is 0.486 e. The summed E-state index contributed by atoms with van der Waals surface area (Å²) in [5.41, 5.74) is 0.414. The number of aliphatic hydroxyl groups is 1. The molecule has 3 atom stereocenters. The third-order valence-corrected chi connectivity index (χ3v) is 7.29. The van der Waals surface area contributed by atoms with Crippen LogP contribution in [0, 0.1) is 5.82 Å². The summed E-state index contributed by atoms with van der Waals surface area (Å²) in [6.45, 7) is 7.11. The number of tetrazole rings is 1. The minimum absolute atomic E-state index is 0.0355. The number of hydrogen-bond acceptors (Lipinski definition) is 10. The molecule has 38 heavy (non-hydrogen) atoms. The van der Waals surface area contributed by atoms with Crippen molar-refractivity contribution < 1.29 is 14.2 Å². The Labute approximate surface area is 219 Å². The van der Waals surface area contributed by atoms with E-state index >= 15 is 0 Å². The van der Waals surface area contributed by atoms with Crippen molar-refractivity contribution in [1.29, 1.82) is 0 Å². The molecule has 2 saturated heterocycles. The lowest BCUT2D eigenvalue weighted by atomic mass is 9.84. The second-order valence-corrected chi connectivity index (χ2v) is 10.7. The Morgan fingerprint density at radius 1 is 1.32 bits per heavy atom. The SMILES string of the molecule is C[C@@H](CO)Oc1ccc(Nc2ncc(F)c(N[C@@H]3C[C@@H]4CCCN4C(C)(C)C3)n2)cc1-n1nnn(C)c1=O. The number of aryl methyl sites for hydroxylation is 1. The highest BCUT2D eigenvalue weighted by atomic mass is 19.1. The van der Waals surface area contributed by atoms with Crippen LogP contribution in [-0.2, 0) is 7.05 Å². The van der Waals surface area contributed by atoms with Gasteiger partial charge in [-0.1, -0.05) is 0 Å². The molecule has 0 saturated carbocycles. The van der Waals surface area contributed by atoms with Crippen LogP contribution in [0.15, 0.2) is 29.2 Å². The Morgan fingerprint density at radius 3 is 2.87 bits per heavy atom. The van der Waals surface area contributed by atoms with Gasteiger partial charge in [-0.3, -0.25) is 4.90 Å². The molecule has 1 aromatic carbocycles. The Hall–Kier alpha value is -3.58. The molecule has 0 radical (unpaired) electrons. The predicted octanol–water partition coefficient (Wildman–Crippen LogP) is 2.22. The number of rotatable bonds is 8. The van der Waals surface area contributed by atoms with Crippen LogP contribution in [-0.4, -0.2) is 76.6 Å². The topological polar surface area (TPSA) is 135 Å². The highest BCUT2D eigenvalue weighted by molar-refractivity contribution is 5.62. The zero-order valence-electron chi connectivity index (χ0n) is 22.1. The van der Waals surface area contributed by atoms with E-state index in [1.807, 2.05) is 0 Å². The third-order valence-electron chi connectivity index (χ3n) is 7.29. The molecule has 2 aliphatic rings. The third kappa shape index (κ3) is 5.20. The summed E-state index contributed by atoms with van der Waals surface area (Å²) < 4.78 is 22.7. The Morgan fingerprint density at radius 2 is 2.13 bits per heavy atom. The predicted molar refractivity (Wildman–Crippen MR) is 140 cm³/mol. The number of anilines is 3. The van der Waals surface area contributed by atoms with Crippen molar-refractivity contribution in [2.45, 2.75) is 70.2 Å². The second kappa shape index (κ2) is 10.3. The highest BCUT2D eigenvalue weighted by Crippen LogP contribution is 2.38. The minimum Gasteiger partial charge on any atom is -0.486 e. The first-order valence-electron chi connectivity index (χ1n) is 12.9. The molecule has 0 amide bonds. The standard InChI is InChI=1S/C25H34FN9O3/c1-15(14-36)38-21-8-7-16(11-20(21)35-24(37)33(4)31-32-35)29-23-27-13-19(26)22(30-23)28-17-10-18-6-5-9-34(18)25(2,3)12-17/h7-8,11,13,15,17-18,36H,5-6,9-10,12,14H2,1-4H3,(H2,27,28,29,30)/t15-,17+,18-/m0/s1. The number of fused-ring (bicyclic) bond motifs is 1. The van der Waals surface area contributed by atoms with Crippen molar-refractivity contribution in [1.82, 2.24) is 34.7 Å². The molecular weight excluding hydrogens is 493 g/mol. The van der Waals surface area contributed by atoms with Crippen molar-refractivity contribution in [2.24, 2.45) is 7.05 Å². The Kier molecular flexibility index (Phi) is 7.05. The maximum absolute atomic E-state index is 14.7. The number of benzene rings is 1. The molecule has 12 nitrogen and oxygen atoms in total. The van der Waals surface area contributed by atoms with Crippen LogP contribution < -0.4 is 21.1 Å². The zero-order valence-corrected chi connectivity index (χ0v) is 22.1. The van der Waals surface area contributed by atoms with Gasteiger partial charge in [0.2, 0.25) is 5.95 Å². The number of nitrogens with one attached hydrogen (secondary N) is 2. The van der Waals surface area contributed by atoms with Crippen LogP contribution in [0.2, 0.25) is 0 Å². The van der Waals surface area contributed by atoms with Gasteiger partial charge in [-0.15, -0.1) is 0 Å². The second-order valence-electron chi connectivity index (χ2n) is 10.7. The molecule has 2 aromatic heterocycles. The first kappa shape index (κ1) is 26.0. The molecule has 0 unspecified atom stereocenters. The van der Waals surface area contributed by atoms with Gasteiger partial charge in [-0.2, -0.15) is 14.3 Å². The number of piperidine rings is 1. The monoisotopic (exact) mass is 527 g/mol. The summed E-state index contributed by atoms with van der Waals surface area (Å²) in [5.74, 6) is 0.164. The lowest BCUT2D eigenvalue weighted by Crippen LogP contribution is -2.55. The molecule has 2 fully saturated rings. The maximum Gasteiger partial charge on any atom is 0.368 e. The van der Waals surface area contributed by atoms with E-state index in [1.54, 1.807) is 25.1 Å². The van der Waals surface area contributed by atoms with Crippen LogP contribution >= 0.6 is 0 Å². The zero-order chi connectivity index (χ0) is 27.0. The maximum atomic E-state index is 14.7. The van der Waals surface area contributed by atoms with Crippen molar-refractivity contribution in [3.8, 4) is 11.4 Å². The molecule has 0 bridgehead atoms. The Balaban J connectivity index is 1.38. The van der Waals surface area contributed by atoms with Crippen molar-refractivity contribution in [3.63, 3.8) is 0 Å². The molecular formula is C25H34FN9O3. The first-order chi connectivity index (χ1) is 18.1. The van der Waals surface area contributed by atoms with E-state index < -0.39 is 17.6 Å². The number of nitrogens with zero attached hydrogens (tertiary/aromatic N) is 7. The summed E-state index contributed by atoms with van der Waals surface area (Å²) in [6, 6.07) is 5.58. The van der Waals surface area contributed by atoms with Gasteiger partial charge in [0.15, 0.2) is 11.6 Å². The van der Waals surface area contributed by atoms with E-state index in [0.29, 0.717) is 23.2 Å². The van der Waals surface area contributed by atoms with Gasteiger partial charge >= 0.3 is 5.69 Å². The molecule has 4 heterocycles. The summed E-state index contributed by atoms with van der Waals surface area (Å²) in [7, 11) is 1.49. The summed E-state index contributed by atoms with van der Waals surface area (Å²) in [5, 5.41) is 23.5. The van der Waals surface area contributed by atoms with Gasteiger partial charge < -0.3 is 20.5 Å². The number of halogens is 1. The van der Waals surface area contributed by atoms with Gasteiger partial charge in [-0.05, 0) is 81.6 Å². The van der Waals surface area contributed by atoms with Gasteiger partial charge in [0.25, 0.3) is 0 Å². The average Bonchev–Trinajstić information content (AvgIpc) is 3.49. The van der Waals surface area contributed by atoms with Gasteiger partial charge in [0, 0.05) is 30.4 Å². The van der Waals surface area contributed by atoms with E-state index in [9.17, 15) is 14.3 Å². The molecule has 3 N–H and O–H groups in total. The lowest BCUT2D eigenvalue weighted by molar-refractivity contribution is 0.0500. The van der Waals surface area contributed by atoms with E-state index in [-0.39, 0.29) is 30.0 Å².